The van der Waals surface area contributed by atoms with Gasteiger partial charge in [-0.25, -0.2) is 0 Å². The lowest BCUT2D eigenvalue weighted by Crippen LogP contribution is -2.10. The molecule has 0 aliphatic rings. The maximum absolute atomic E-state index is 5.91. The van der Waals surface area contributed by atoms with Crippen LogP contribution in [0.1, 0.15) is 13.8 Å². The summed E-state index contributed by atoms with van der Waals surface area (Å²) in [6.07, 6.45) is -0.0445. The first-order valence-electron chi connectivity index (χ1n) is 5.74. The number of nitrogens with one attached hydrogen (secondary N) is 1. The van der Waals surface area contributed by atoms with Gasteiger partial charge in [0.25, 0.3) is 0 Å². The lowest BCUT2D eigenvalue weighted by atomic mass is 10.3. The molecular formula is C12H11Cl2IN4O. The van der Waals surface area contributed by atoms with Crippen molar-refractivity contribution in [2.24, 2.45) is 0 Å². The fraction of sp³-hybridized carbons (Fsp3) is 0.250. The zero-order valence-corrected chi connectivity index (χ0v) is 14.4. The Bertz CT molecular complexity index is 624. The van der Waals surface area contributed by atoms with Crippen LogP contribution in [-0.4, -0.2) is 21.1 Å². The molecule has 0 unspecified atom stereocenters. The van der Waals surface area contributed by atoms with Crippen LogP contribution in [0.3, 0.4) is 0 Å². The lowest BCUT2D eigenvalue weighted by molar-refractivity contribution is 0.222. The first kappa shape index (κ1) is 15.5. The maximum atomic E-state index is 5.91. The van der Waals surface area contributed by atoms with Gasteiger partial charge in [-0.2, -0.15) is 15.0 Å². The van der Waals surface area contributed by atoms with E-state index in [2.05, 4.69) is 42.9 Å². The Hall–Kier alpha value is -0.860. The Morgan fingerprint density at radius 2 is 1.95 bits per heavy atom. The number of benzene rings is 1. The van der Waals surface area contributed by atoms with E-state index >= 15 is 0 Å². The molecule has 0 aliphatic heterocycles. The van der Waals surface area contributed by atoms with Gasteiger partial charge >= 0.3 is 6.01 Å². The van der Waals surface area contributed by atoms with Gasteiger partial charge in [-0.1, -0.05) is 11.6 Å². The number of ether oxygens (including phenoxy) is 1. The average molecular weight is 425 g/mol. The minimum atomic E-state index is -0.0445. The van der Waals surface area contributed by atoms with Crippen molar-refractivity contribution in [2.75, 3.05) is 5.32 Å². The van der Waals surface area contributed by atoms with E-state index in [-0.39, 0.29) is 17.4 Å². The van der Waals surface area contributed by atoms with Crippen LogP contribution in [0, 0.1) is 3.57 Å². The molecule has 0 atom stereocenters. The molecule has 0 bridgehead atoms. The van der Waals surface area contributed by atoms with Gasteiger partial charge in [0.15, 0.2) is 0 Å². The molecule has 1 N–H and O–H groups in total. The topological polar surface area (TPSA) is 59.9 Å². The van der Waals surface area contributed by atoms with Crippen LogP contribution in [0.15, 0.2) is 18.2 Å². The molecule has 0 fully saturated rings. The van der Waals surface area contributed by atoms with E-state index in [9.17, 15) is 0 Å². The van der Waals surface area contributed by atoms with Crippen LogP contribution in [0.4, 0.5) is 11.6 Å². The van der Waals surface area contributed by atoms with Crippen LogP contribution < -0.4 is 10.1 Å². The zero-order valence-electron chi connectivity index (χ0n) is 10.7. The van der Waals surface area contributed by atoms with Gasteiger partial charge in [-0.3, -0.25) is 0 Å². The number of halogens is 3. The molecule has 20 heavy (non-hydrogen) atoms. The van der Waals surface area contributed by atoms with Crippen LogP contribution in [0.25, 0.3) is 0 Å². The number of aromatic nitrogens is 3. The molecule has 8 heteroatoms. The number of hydrogen-bond donors (Lipinski definition) is 1. The van der Waals surface area contributed by atoms with Gasteiger partial charge in [-0.15, -0.1) is 0 Å². The van der Waals surface area contributed by atoms with Crippen molar-refractivity contribution >= 4 is 57.4 Å². The summed E-state index contributed by atoms with van der Waals surface area (Å²) in [5, 5.41) is 3.80. The molecule has 2 aromatic rings. The van der Waals surface area contributed by atoms with E-state index in [1.54, 1.807) is 6.07 Å². The summed E-state index contributed by atoms with van der Waals surface area (Å²) in [5.41, 5.74) is 0.827. The standard InChI is InChI=1S/C12H11Cl2IN4O/c1-6(2)20-12-18-10(14)17-11(19-12)16-9-4-3-7(13)5-8(9)15/h3-6H,1-2H3,(H,16,17,18,19). The molecule has 1 heterocycles. The largest absolute Gasteiger partial charge is 0.461 e. The van der Waals surface area contributed by atoms with E-state index in [0.717, 1.165) is 9.26 Å². The van der Waals surface area contributed by atoms with Crippen molar-refractivity contribution < 1.29 is 4.74 Å². The second-order valence-corrected chi connectivity index (χ2v) is 6.06. The molecule has 5 nitrogen and oxygen atoms in total. The van der Waals surface area contributed by atoms with Crippen molar-refractivity contribution in [3.8, 4) is 6.01 Å². The summed E-state index contributed by atoms with van der Waals surface area (Å²) in [7, 11) is 0. The summed E-state index contributed by atoms with van der Waals surface area (Å²) in [5.74, 6) is 0.320. The molecule has 1 aromatic heterocycles. The summed E-state index contributed by atoms with van der Waals surface area (Å²) in [4.78, 5) is 12.1. The third-order valence-corrected chi connectivity index (χ3v) is 3.40. The van der Waals surface area contributed by atoms with E-state index in [1.165, 1.54) is 0 Å². The molecule has 0 amide bonds. The highest BCUT2D eigenvalue weighted by atomic mass is 127. The molecule has 2 rings (SSSR count). The summed E-state index contributed by atoms with van der Waals surface area (Å²) < 4.78 is 6.36. The monoisotopic (exact) mass is 424 g/mol. The fourth-order valence-electron chi connectivity index (χ4n) is 1.36. The highest BCUT2D eigenvalue weighted by Crippen LogP contribution is 2.25. The van der Waals surface area contributed by atoms with Gasteiger partial charge in [0.2, 0.25) is 11.2 Å². The van der Waals surface area contributed by atoms with Gasteiger partial charge < -0.3 is 10.1 Å². The molecule has 0 spiro atoms. The minimum absolute atomic E-state index is 0.0445. The first-order valence-corrected chi connectivity index (χ1v) is 7.58. The smallest absolute Gasteiger partial charge is 0.322 e. The molecular weight excluding hydrogens is 414 g/mol. The lowest BCUT2D eigenvalue weighted by Gasteiger charge is -2.10. The Labute approximate surface area is 140 Å². The van der Waals surface area contributed by atoms with Crippen molar-refractivity contribution in [1.29, 1.82) is 0 Å². The van der Waals surface area contributed by atoms with Crippen LogP contribution in [0.2, 0.25) is 10.3 Å². The van der Waals surface area contributed by atoms with E-state index in [4.69, 9.17) is 27.9 Å². The second kappa shape index (κ2) is 6.73. The predicted molar refractivity (Wildman–Crippen MR) is 88.1 cm³/mol. The first-order chi connectivity index (χ1) is 9.44. The van der Waals surface area contributed by atoms with Gasteiger partial charge in [0.05, 0.1) is 11.8 Å². The summed E-state index contributed by atoms with van der Waals surface area (Å²) in [6, 6.07) is 5.63. The highest BCUT2D eigenvalue weighted by molar-refractivity contribution is 14.1. The Morgan fingerprint density at radius 3 is 2.60 bits per heavy atom. The average Bonchev–Trinajstić information content (AvgIpc) is 2.31. The van der Waals surface area contributed by atoms with Crippen LogP contribution >= 0.6 is 45.8 Å². The molecule has 106 valence electrons. The number of nitrogens with zero attached hydrogens (tertiary/aromatic N) is 3. The van der Waals surface area contributed by atoms with Crippen molar-refractivity contribution in [1.82, 2.24) is 15.0 Å². The summed E-state index contributed by atoms with van der Waals surface area (Å²) in [6.45, 7) is 3.76. The minimum Gasteiger partial charge on any atom is -0.461 e. The van der Waals surface area contributed by atoms with Crippen molar-refractivity contribution in [3.63, 3.8) is 0 Å². The maximum Gasteiger partial charge on any atom is 0.322 e. The third-order valence-electron chi connectivity index (χ3n) is 2.11. The normalized spacial score (nSPS) is 10.7. The van der Waals surface area contributed by atoms with E-state index < -0.39 is 0 Å². The Balaban J connectivity index is 2.26. The Kier molecular flexibility index (Phi) is 5.22. The quantitative estimate of drug-likeness (QED) is 0.741. The number of hydrogen-bond acceptors (Lipinski definition) is 5. The molecule has 0 saturated carbocycles. The van der Waals surface area contributed by atoms with Gasteiger partial charge in [0, 0.05) is 8.59 Å². The molecule has 0 saturated heterocycles. The second-order valence-electron chi connectivity index (χ2n) is 4.13. The van der Waals surface area contributed by atoms with Crippen molar-refractivity contribution in [2.45, 2.75) is 20.0 Å². The molecule has 0 radical (unpaired) electrons. The van der Waals surface area contributed by atoms with Crippen LogP contribution in [0.5, 0.6) is 6.01 Å². The van der Waals surface area contributed by atoms with Crippen molar-refractivity contribution in [3.05, 3.63) is 32.1 Å². The Morgan fingerprint density at radius 1 is 1.20 bits per heavy atom. The predicted octanol–water partition coefficient (Wildman–Crippen LogP) is 4.31. The van der Waals surface area contributed by atoms with E-state index in [0.29, 0.717) is 11.0 Å². The third kappa shape index (κ3) is 4.32. The summed E-state index contributed by atoms with van der Waals surface area (Å²) >= 11 is 13.9. The number of rotatable bonds is 4. The number of anilines is 2. The van der Waals surface area contributed by atoms with E-state index in [1.807, 2.05) is 26.0 Å². The SMILES string of the molecule is CC(C)Oc1nc(Cl)nc(Nc2ccc(Cl)cc2I)n1. The molecule has 1 aromatic carbocycles. The molecule has 0 aliphatic carbocycles. The fourth-order valence-corrected chi connectivity index (χ4v) is 2.52. The van der Waals surface area contributed by atoms with Gasteiger partial charge in [0.1, 0.15) is 0 Å². The van der Waals surface area contributed by atoms with Gasteiger partial charge in [-0.05, 0) is 66.2 Å². The zero-order chi connectivity index (χ0) is 14.7. The highest BCUT2D eigenvalue weighted by Gasteiger charge is 2.09. The van der Waals surface area contributed by atoms with Crippen LogP contribution in [-0.2, 0) is 0 Å².